The van der Waals surface area contributed by atoms with Gasteiger partial charge in [0.05, 0.1) is 5.69 Å². The molecule has 0 radical (unpaired) electrons. The Morgan fingerprint density at radius 3 is 2.18 bits per heavy atom. The largest absolute Gasteiger partial charge is 0.444 e. The fraction of sp³-hybridized carbons (Fsp3) is 0.450. The maximum atomic E-state index is 13.1. The van der Waals surface area contributed by atoms with Crippen molar-refractivity contribution in [3.63, 3.8) is 0 Å². The summed E-state index contributed by atoms with van der Waals surface area (Å²) in [5.41, 5.74) is 1.29. The lowest BCUT2D eigenvalue weighted by molar-refractivity contribution is 0.0140. The molecular formula is C20H25FN4O3. The summed E-state index contributed by atoms with van der Waals surface area (Å²) in [5, 5.41) is 4.31. The zero-order chi connectivity index (χ0) is 20.5. The smallest absolute Gasteiger partial charge is 0.410 e. The minimum atomic E-state index is -0.547. The summed E-state index contributed by atoms with van der Waals surface area (Å²) in [4.78, 5) is 28.2. The lowest BCUT2D eigenvalue weighted by Gasteiger charge is -2.35. The highest BCUT2D eigenvalue weighted by Crippen LogP contribution is 2.21. The molecule has 1 saturated heterocycles. The molecule has 0 spiro atoms. The molecule has 0 aliphatic carbocycles. The number of piperazine rings is 1. The molecule has 0 bridgehead atoms. The summed E-state index contributed by atoms with van der Waals surface area (Å²) in [6.45, 7) is 7.14. The first-order valence-corrected chi connectivity index (χ1v) is 9.21. The van der Waals surface area contributed by atoms with Crippen LogP contribution in [-0.2, 0) is 11.8 Å². The van der Waals surface area contributed by atoms with Crippen molar-refractivity contribution in [1.82, 2.24) is 19.6 Å². The molecule has 0 unspecified atom stereocenters. The van der Waals surface area contributed by atoms with Gasteiger partial charge in [-0.05, 0) is 56.7 Å². The molecule has 0 atom stereocenters. The Kier molecular flexibility index (Phi) is 5.40. The summed E-state index contributed by atoms with van der Waals surface area (Å²) in [7, 11) is 1.75. The highest BCUT2D eigenvalue weighted by Gasteiger charge is 2.29. The second-order valence-corrected chi connectivity index (χ2v) is 7.80. The third-order valence-corrected chi connectivity index (χ3v) is 4.46. The van der Waals surface area contributed by atoms with Crippen LogP contribution in [0.2, 0.25) is 0 Å². The van der Waals surface area contributed by atoms with Crippen molar-refractivity contribution in [2.24, 2.45) is 7.05 Å². The molecular weight excluding hydrogens is 363 g/mol. The summed E-state index contributed by atoms with van der Waals surface area (Å²) < 4.78 is 20.1. The van der Waals surface area contributed by atoms with Crippen LogP contribution in [0.3, 0.4) is 0 Å². The van der Waals surface area contributed by atoms with Gasteiger partial charge in [0.1, 0.15) is 11.4 Å². The number of aryl methyl sites for hydroxylation is 1. The van der Waals surface area contributed by atoms with E-state index in [1.807, 2.05) is 20.8 Å². The predicted molar refractivity (Wildman–Crippen MR) is 102 cm³/mol. The zero-order valence-corrected chi connectivity index (χ0v) is 16.6. The van der Waals surface area contributed by atoms with E-state index in [1.165, 1.54) is 12.1 Å². The van der Waals surface area contributed by atoms with Crippen molar-refractivity contribution in [2.45, 2.75) is 26.4 Å². The van der Waals surface area contributed by atoms with E-state index in [0.717, 1.165) is 11.3 Å². The Hall–Kier alpha value is -2.90. The number of benzene rings is 1. The molecule has 3 rings (SSSR count). The Balaban J connectivity index is 1.65. The lowest BCUT2D eigenvalue weighted by atomic mass is 10.1. The number of aromatic nitrogens is 2. The van der Waals surface area contributed by atoms with E-state index in [4.69, 9.17) is 4.74 Å². The van der Waals surface area contributed by atoms with Crippen molar-refractivity contribution >= 4 is 12.0 Å². The van der Waals surface area contributed by atoms with Crippen molar-refractivity contribution in [2.75, 3.05) is 26.2 Å². The third-order valence-electron chi connectivity index (χ3n) is 4.46. The second-order valence-electron chi connectivity index (χ2n) is 7.80. The Bertz CT molecular complexity index is 863. The van der Waals surface area contributed by atoms with Gasteiger partial charge >= 0.3 is 6.09 Å². The third kappa shape index (κ3) is 4.49. The second kappa shape index (κ2) is 7.61. The van der Waals surface area contributed by atoms with Crippen LogP contribution in [0.4, 0.5) is 9.18 Å². The fourth-order valence-corrected chi connectivity index (χ4v) is 3.04. The monoisotopic (exact) mass is 388 g/mol. The minimum Gasteiger partial charge on any atom is -0.444 e. The van der Waals surface area contributed by atoms with Gasteiger partial charge < -0.3 is 14.5 Å². The highest BCUT2D eigenvalue weighted by molar-refractivity contribution is 5.93. The average molecular weight is 388 g/mol. The van der Waals surface area contributed by atoms with Gasteiger partial charge in [-0.15, -0.1) is 0 Å². The van der Waals surface area contributed by atoms with Gasteiger partial charge in [0.25, 0.3) is 5.91 Å². The number of ether oxygens (including phenoxy) is 1. The summed E-state index contributed by atoms with van der Waals surface area (Å²) >= 11 is 0. The number of hydrogen-bond donors (Lipinski definition) is 0. The van der Waals surface area contributed by atoms with E-state index in [1.54, 1.807) is 39.7 Å². The average Bonchev–Trinajstić information content (AvgIpc) is 3.02. The number of carbonyl (C=O) groups is 2. The maximum Gasteiger partial charge on any atom is 0.410 e. The summed E-state index contributed by atoms with van der Waals surface area (Å²) in [5.74, 6) is -0.502. The van der Waals surface area contributed by atoms with E-state index >= 15 is 0 Å². The zero-order valence-electron chi connectivity index (χ0n) is 16.6. The standard InChI is InChI=1S/C20H25FN4O3/c1-20(2,3)28-19(27)25-11-9-24(10-12-25)18(26)16-13-17(23(4)22-16)14-5-7-15(21)8-6-14/h5-8,13H,9-12H2,1-4H3. The number of nitrogens with zero attached hydrogens (tertiary/aromatic N) is 4. The van der Waals surface area contributed by atoms with Gasteiger partial charge in [0, 0.05) is 33.2 Å². The minimum absolute atomic E-state index is 0.187. The highest BCUT2D eigenvalue weighted by atomic mass is 19.1. The number of hydrogen-bond acceptors (Lipinski definition) is 4. The molecule has 0 N–H and O–H groups in total. The predicted octanol–water partition coefficient (Wildman–Crippen LogP) is 2.92. The van der Waals surface area contributed by atoms with Crippen molar-refractivity contribution < 1.29 is 18.7 Å². The van der Waals surface area contributed by atoms with Crippen LogP contribution in [0.25, 0.3) is 11.3 Å². The molecule has 7 nitrogen and oxygen atoms in total. The summed E-state index contributed by atoms with van der Waals surface area (Å²) in [6.07, 6.45) is -0.365. The van der Waals surface area contributed by atoms with Gasteiger partial charge in [0.15, 0.2) is 5.69 Å². The Morgan fingerprint density at radius 1 is 1.04 bits per heavy atom. The lowest BCUT2D eigenvalue weighted by Crippen LogP contribution is -2.51. The van der Waals surface area contributed by atoms with E-state index in [9.17, 15) is 14.0 Å². The van der Waals surface area contributed by atoms with E-state index in [-0.39, 0.29) is 17.8 Å². The Labute approximate surface area is 163 Å². The van der Waals surface area contributed by atoms with Crippen LogP contribution in [0.15, 0.2) is 30.3 Å². The van der Waals surface area contributed by atoms with Gasteiger partial charge in [-0.2, -0.15) is 5.10 Å². The van der Waals surface area contributed by atoms with Crippen LogP contribution in [0.1, 0.15) is 31.3 Å². The number of rotatable bonds is 2. The molecule has 2 aromatic rings. The number of carbonyl (C=O) groups excluding carboxylic acids is 2. The van der Waals surface area contributed by atoms with Crippen LogP contribution >= 0.6 is 0 Å². The number of halogens is 1. The molecule has 0 saturated carbocycles. The molecule has 2 heterocycles. The molecule has 28 heavy (non-hydrogen) atoms. The number of amides is 2. The van der Waals surface area contributed by atoms with Crippen LogP contribution < -0.4 is 0 Å². The van der Waals surface area contributed by atoms with Crippen molar-refractivity contribution in [3.05, 3.63) is 41.8 Å². The molecule has 150 valence electrons. The molecule has 8 heteroatoms. The van der Waals surface area contributed by atoms with Crippen LogP contribution in [0, 0.1) is 5.82 Å². The van der Waals surface area contributed by atoms with Crippen molar-refractivity contribution in [1.29, 1.82) is 0 Å². The van der Waals surface area contributed by atoms with Gasteiger partial charge in [0.2, 0.25) is 0 Å². The SMILES string of the molecule is Cn1nc(C(=O)N2CCN(C(=O)OC(C)(C)C)CC2)cc1-c1ccc(F)cc1. The van der Waals surface area contributed by atoms with E-state index in [0.29, 0.717) is 31.9 Å². The fourth-order valence-electron chi connectivity index (χ4n) is 3.04. The summed E-state index contributed by atoms with van der Waals surface area (Å²) in [6, 6.07) is 7.76. The van der Waals surface area contributed by atoms with E-state index in [2.05, 4.69) is 5.10 Å². The first kappa shape index (κ1) is 19.9. The van der Waals surface area contributed by atoms with Crippen molar-refractivity contribution in [3.8, 4) is 11.3 Å². The Morgan fingerprint density at radius 2 is 1.61 bits per heavy atom. The normalized spacial score (nSPS) is 14.9. The molecule has 2 amide bonds. The first-order chi connectivity index (χ1) is 13.1. The molecule has 1 fully saturated rings. The molecule has 1 aromatic carbocycles. The van der Waals surface area contributed by atoms with Crippen LogP contribution in [-0.4, -0.2) is 63.4 Å². The maximum absolute atomic E-state index is 13.1. The van der Waals surface area contributed by atoms with E-state index < -0.39 is 5.60 Å². The molecule has 1 aliphatic rings. The topological polar surface area (TPSA) is 67.7 Å². The molecule has 1 aromatic heterocycles. The van der Waals surface area contributed by atoms with Gasteiger partial charge in [-0.25, -0.2) is 9.18 Å². The van der Waals surface area contributed by atoms with Crippen LogP contribution in [0.5, 0.6) is 0 Å². The van der Waals surface area contributed by atoms with Gasteiger partial charge in [-0.3, -0.25) is 9.48 Å². The quantitative estimate of drug-likeness (QED) is 0.793. The molecule has 1 aliphatic heterocycles. The first-order valence-electron chi connectivity index (χ1n) is 9.21. The van der Waals surface area contributed by atoms with Gasteiger partial charge in [-0.1, -0.05) is 0 Å².